The average molecular weight is 564 g/mol. The number of halogens is 4. The second-order valence-electron chi connectivity index (χ2n) is 4.65. The van der Waals surface area contributed by atoms with Crippen LogP contribution < -0.4 is 5.73 Å². The van der Waals surface area contributed by atoms with Gasteiger partial charge >= 0.3 is 0 Å². The monoisotopic (exact) mass is 560 g/mol. The number of carbonyl (C=O) groups is 2. The molecule has 0 aliphatic carbocycles. The maximum absolute atomic E-state index is 12.7. The number of hydrogen-bond acceptors (Lipinski definition) is 2. The number of benzene rings is 1. The number of rotatable bonds is 8. The van der Waals surface area contributed by atoms with Crippen molar-refractivity contribution in [1.82, 2.24) is 4.90 Å². The normalized spacial score (nSPS) is 13.5. The molecule has 0 aliphatic rings. The molecule has 2 atom stereocenters. The van der Waals surface area contributed by atoms with Crippen LogP contribution in [0.15, 0.2) is 24.3 Å². The van der Waals surface area contributed by atoms with Gasteiger partial charge in [0, 0.05) is 44.5 Å². The molecule has 0 aliphatic heterocycles. The van der Waals surface area contributed by atoms with Gasteiger partial charge in [0.2, 0.25) is 5.91 Å². The van der Waals surface area contributed by atoms with Crippen molar-refractivity contribution in [2.24, 2.45) is 5.73 Å². The Hall–Kier alpha value is 0.0800. The maximum Gasteiger partial charge on any atom is 0.253 e. The summed E-state index contributed by atoms with van der Waals surface area (Å²) >= 11 is 13.9. The summed E-state index contributed by atoms with van der Waals surface area (Å²) in [7, 11) is 0. The van der Waals surface area contributed by atoms with Crippen LogP contribution in [-0.2, 0) is 0 Å². The van der Waals surface area contributed by atoms with E-state index in [1.807, 2.05) is 0 Å². The summed E-state index contributed by atoms with van der Waals surface area (Å²) in [6, 6.07) is 6.40. The predicted octanol–water partition coefficient (Wildman–Crippen LogP) is 3.54. The van der Waals surface area contributed by atoms with Crippen molar-refractivity contribution in [2.45, 2.75) is 9.65 Å². The minimum Gasteiger partial charge on any atom is -0.366 e. The SMILES string of the molecule is NC(=O)c1ccc(C(=O)N(CC(Br)CBr)CC(Br)CBr)cc1. The lowest BCUT2D eigenvalue weighted by atomic mass is 10.1. The minimum atomic E-state index is -0.504. The highest BCUT2D eigenvalue weighted by Gasteiger charge is 2.21. The van der Waals surface area contributed by atoms with Gasteiger partial charge in [0.05, 0.1) is 0 Å². The number of carbonyl (C=O) groups excluding carboxylic acids is 2. The van der Waals surface area contributed by atoms with Crippen molar-refractivity contribution in [1.29, 1.82) is 0 Å². The zero-order valence-corrected chi connectivity index (χ0v) is 18.0. The second kappa shape index (κ2) is 10.1. The maximum atomic E-state index is 12.7. The fourth-order valence-corrected chi connectivity index (χ4v) is 2.88. The van der Waals surface area contributed by atoms with Gasteiger partial charge in [-0.1, -0.05) is 63.7 Å². The molecule has 0 radical (unpaired) electrons. The molecule has 0 saturated carbocycles. The molecule has 0 spiro atoms. The van der Waals surface area contributed by atoms with Crippen LogP contribution in [0.1, 0.15) is 20.7 Å². The van der Waals surface area contributed by atoms with Crippen LogP contribution in [0.4, 0.5) is 0 Å². The Morgan fingerprint density at radius 2 is 1.36 bits per heavy atom. The predicted molar refractivity (Wildman–Crippen MR) is 104 cm³/mol. The molecule has 2 amide bonds. The number of hydrogen-bond donors (Lipinski definition) is 1. The van der Waals surface area contributed by atoms with E-state index >= 15 is 0 Å². The standard InChI is InChI=1S/C14H16Br4N2O2/c15-5-11(17)7-20(8-12(18)6-16)14(22)10-3-1-9(2-4-10)13(19)21/h1-4,11-12H,5-8H2,(H2,19,21). The van der Waals surface area contributed by atoms with Gasteiger partial charge in [-0.05, 0) is 24.3 Å². The topological polar surface area (TPSA) is 63.4 Å². The zero-order valence-electron chi connectivity index (χ0n) is 11.6. The van der Waals surface area contributed by atoms with Crippen LogP contribution in [0.2, 0.25) is 0 Å². The Bertz CT molecular complexity index is 498. The molecule has 0 heterocycles. The van der Waals surface area contributed by atoms with Crippen molar-refractivity contribution < 1.29 is 9.59 Å². The molecular weight excluding hydrogens is 548 g/mol. The molecule has 0 fully saturated rings. The zero-order chi connectivity index (χ0) is 16.7. The van der Waals surface area contributed by atoms with E-state index in [9.17, 15) is 9.59 Å². The summed E-state index contributed by atoms with van der Waals surface area (Å²) in [6.45, 7) is 1.16. The third-order valence-electron chi connectivity index (χ3n) is 2.88. The lowest BCUT2D eigenvalue weighted by molar-refractivity contribution is 0.0761. The first-order valence-electron chi connectivity index (χ1n) is 6.48. The Kier molecular flexibility index (Phi) is 9.19. The molecule has 22 heavy (non-hydrogen) atoms. The fourth-order valence-electron chi connectivity index (χ4n) is 1.78. The van der Waals surface area contributed by atoms with Crippen LogP contribution in [0.25, 0.3) is 0 Å². The quantitative estimate of drug-likeness (QED) is 0.492. The van der Waals surface area contributed by atoms with Crippen molar-refractivity contribution in [3.8, 4) is 0 Å². The Morgan fingerprint density at radius 1 is 0.955 bits per heavy atom. The van der Waals surface area contributed by atoms with Crippen LogP contribution in [0.3, 0.4) is 0 Å². The largest absolute Gasteiger partial charge is 0.366 e. The van der Waals surface area contributed by atoms with Gasteiger partial charge in [-0.25, -0.2) is 0 Å². The summed E-state index contributed by atoms with van der Waals surface area (Å²) in [5, 5.41) is 1.50. The fraction of sp³-hybridized carbons (Fsp3) is 0.429. The molecular formula is C14H16Br4N2O2. The molecule has 1 aromatic rings. The highest BCUT2D eigenvalue weighted by atomic mass is 79.9. The van der Waals surface area contributed by atoms with Gasteiger partial charge in [-0.15, -0.1) is 0 Å². The third-order valence-corrected chi connectivity index (χ3v) is 7.40. The average Bonchev–Trinajstić information content (AvgIpc) is 2.53. The van der Waals surface area contributed by atoms with E-state index in [1.54, 1.807) is 29.2 Å². The van der Waals surface area contributed by atoms with Gasteiger partial charge in [0.25, 0.3) is 5.91 Å². The van der Waals surface area contributed by atoms with E-state index in [4.69, 9.17) is 5.73 Å². The molecule has 0 aromatic heterocycles. The molecule has 4 nitrogen and oxygen atoms in total. The summed E-state index contributed by atoms with van der Waals surface area (Å²) < 4.78 is 0. The summed E-state index contributed by atoms with van der Waals surface area (Å²) in [4.78, 5) is 25.9. The number of nitrogens with two attached hydrogens (primary N) is 1. The van der Waals surface area contributed by atoms with E-state index < -0.39 is 5.91 Å². The first-order valence-corrected chi connectivity index (χ1v) is 10.6. The van der Waals surface area contributed by atoms with E-state index in [0.29, 0.717) is 24.2 Å². The molecule has 1 rings (SSSR count). The van der Waals surface area contributed by atoms with E-state index in [0.717, 1.165) is 10.7 Å². The Balaban J connectivity index is 2.91. The number of nitrogens with zero attached hydrogens (tertiary/aromatic N) is 1. The van der Waals surface area contributed by atoms with Crippen molar-refractivity contribution in [3.05, 3.63) is 35.4 Å². The highest BCUT2D eigenvalue weighted by Crippen LogP contribution is 2.15. The molecule has 0 saturated heterocycles. The lowest BCUT2D eigenvalue weighted by Gasteiger charge is -2.26. The van der Waals surface area contributed by atoms with Gasteiger partial charge in [0.1, 0.15) is 0 Å². The van der Waals surface area contributed by atoms with E-state index in [2.05, 4.69) is 63.7 Å². The van der Waals surface area contributed by atoms with Gasteiger partial charge in [-0.2, -0.15) is 0 Å². The van der Waals surface area contributed by atoms with Crippen molar-refractivity contribution in [2.75, 3.05) is 23.7 Å². The molecule has 1 aromatic carbocycles. The number of alkyl halides is 4. The first-order chi connectivity index (χ1) is 10.4. The van der Waals surface area contributed by atoms with Crippen molar-refractivity contribution >= 4 is 75.5 Å². The van der Waals surface area contributed by atoms with E-state index in [-0.39, 0.29) is 15.6 Å². The lowest BCUT2D eigenvalue weighted by Crippen LogP contribution is -2.40. The summed E-state index contributed by atoms with van der Waals surface area (Å²) in [5.41, 5.74) is 6.14. The molecule has 2 N–H and O–H groups in total. The summed E-state index contributed by atoms with van der Waals surface area (Å²) in [5.74, 6) is -0.581. The van der Waals surface area contributed by atoms with Crippen molar-refractivity contribution in [3.63, 3.8) is 0 Å². The second-order valence-corrected chi connectivity index (χ2v) is 8.54. The summed E-state index contributed by atoms with van der Waals surface area (Å²) in [6.07, 6.45) is 0. The number of primary amides is 1. The van der Waals surface area contributed by atoms with Crippen LogP contribution in [-0.4, -0.2) is 50.1 Å². The smallest absolute Gasteiger partial charge is 0.253 e. The minimum absolute atomic E-state index is 0.0770. The third kappa shape index (κ3) is 6.29. The van der Waals surface area contributed by atoms with Gasteiger partial charge in [0.15, 0.2) is 0 Å². The van der Waals surface area contributed by atoms with Gasteiger partial charge in [-0.3, -0.25) is 9.59 Å². The number of amides is 2. The Morgan fingerprint density at radius 3 is 1.73 bits per heavy atom. The first kappa shape index (κ1) is 20.1. The molecule has 122 valence electrons. The van der Waals surface area contributed by atoms with Gasteiger partial charge < -0.3 is 10.6 Å². The molecule has 0 bridgehead atoms. The molecule has 2 unspecified atom stereocenters. The Labute approximate surface area is 163 Å². The van der Waals surface area contributed by atoms with E-state index in [1.165, 1.54) is 0 Å². The highest BCUT2D eigenvalue weighted by molar-refractivity contribution is 9.12. The van der Waals surface area contributed by atoms with Crippen LogP contribution >= 0.6 is 63.7 Å². The van der Waals surface area contributed by atoms with Crippen LogP contribution in [0.5, 0.6) is 0 Å². The molecule has 8 heteroatoms. The van der Waals surface area contributed by atoms with Crippen LogP contribution in [0, 0.1) is 0 Å².